The van der Waals surface area contributed by atoms with E-state index in [2.05, 4.69) is 40.1 Å². The Labute approximate surface area is 306 Å². The van der Waals surface area contributed by atoms with Gasteiger partial charge < -0.3 is 18.8 Å². The molecule has 6 nitrogen and oxygen atoms in total. The fraction of sp³-hybridized carbons (Fsp3) is 0.622. The molecule has 4 bridgehead atoms. The van der Waals surface area contributed by atoms with E-state index < -0.39 is 0 Å². The van der Waals surface area contributed by atoms with Crippen LogP contribution in [0.15, 0.2) is 65.5 Å². The third-order valence-electron chi connectivity index (χ3n) is 14.4. The highest BCUT2D eigenvalue weighted by atomic mass is 16.5. The van der Waals surface area contributed by atoms with E-state index in [4.69, 9.17) is 13.9 Å². The lowest BCUT2D eigenvalue weighted by Crippen LogP contribution is -2.48. The van der Waals surface area contributed by atoms with Crippen molar-refractivity contribution in [3.05, 3.63) is 72.2 Å². The van der Waals surface area contributed by atoms with Crippen molar-refractivity contribution in [2.45, 2.75) is 113 Å². The van der Waals surface area contributed by atoms with E-state index in [1.165, 1.54) is 101 Å². The summed E-state index contributed by atoms with van der Waals surface area (Å²) in [5.74, 6) is 6.46. The molecule has 2 aromatic carbocycles. The van der Waals surface area contributed by atoms with Crippen molar-refractivity contribution in [2.75, 3.05) is 40.4 Å². The largest absolute Gasteiger partial charge is 0.496 e. The molecule has 0 radical (unpaired) electrons. The SMILES string of the molecule is COc1ccc(-c2ccoc2)cc1C1CCN([C@H]2C[C@H]3CC[C@H]2C3)CC1.COc1ccccc1C1(C#N)CCN(C2CCCC3CCC2C3)CC1. The molecule has 6 fully saturated rings. The number of piperidine rings is 2. The molecule has 2 saturated heterocycles. The zero-order valence-corrected chi connectivity index (χ0v) is 31.1. The van der Waals surface area contributed by atoms with E-state index in [1.54, 1.807) is 20.5 Å². The normalized spacial score (nSPS) is 30.6. The quantitative estimate of drug-likeness (QED) is 0.246. The third kappa shape index (κ3) is 7.10. The lowest BCUT2D eigenvalue weighted by atomic mass is 9.73. The van der Waals surface area contributed by atoms with Gasteiger partial charge in [0.15, 0.2) is 0 Å². The second-order valence-electron chi connectivity index (χ2n) is 16.9. The van der Waals surface area contributed by atoms with Gasteiger partial charge in [0.2, 0.25) is 0 Å². The Morgan fingerprint density at radius 2 is 1.43 bits per heavy atom. The van der Waals surface area contributed by atoms with Gasteiger partial charge in [0.05, 0.1) is 38.2 Å². The van der Waals surface area contributed by atoms with E-state index >= 15 is 0 Å². The molecule has 6 aliphatic rings. The van der Waals surface area contributed by atoms with E-state index in [1.807, 2.05) is 30.5 Å². The molecule has 51 heavy (non-hydrogen) atoms. The summed E-state index contributed by atoms with van der Waals surface area (Å²) in [6.07, 6.45) is 22.4. The second kappa shape index (κ2) is 15.4. The molecular weight excluding hydrogens is 631 g/mol. The van der Waals surface area contributed by atoms with Crippen molar-refractivity contribution in [3.8, 4) is 28.7 Å². The minimum atomic E-state index is -0.383. The molecule has 9 rings (SSSR count). The summed E-state index contributed by atoms with van der Waals surface area (Å²) < 4.78 is 16.5. The predicted molar refractivity (Wildman–Crippen MR) is 203 cm³/mol. The number of likely N-dealkylation sites (tertiary alicyclic amines) is 2. The molecule has 4 saturated carbocycles. The molecule has 4 aliphatic carbocycles. The Hall–Kier alpha value is -3.27. The number of hydrogen-bond acceptors (Lipinski definition) is 6. The highest BCUT2D eigenvalue weighted by Crippen LogP contribution is 2.49. The molecule has 3 heterocycles. The molecule has 3 aromatic rings. The van der Waals surface area contributed by atoms with Crippen molar-refractivity contribution in [2.24, 2.45) is 23.7 Å². The van der Waals surface area contributed by atoms with Gasteiger partial charge in [0.25, 0.3) is 0 Å². The fourth-order valence-corrected chi connectivity index (χ4v) is 11.6. The van der Waals surface area contributed by atoms with Crippen LogP contribution in [0.25, 0.3) is 11.1 Å². The summed E-state index contributed by atoms with van der Waals surface area (Å²) in [6.45, 7) is 4.60. The number of fused-ring (bicyclic) bond motifs is 4. The van der Waals surface area contributed by atoms with Crippen LogP contribution in [0.3, 0.4) is 0 Å². The smallest absolute Gasteiger partial charge is 0.123 e. The lowest BCUT2D eigenvalue weighted by molar-refractivity contribution is 0.0910. The Bertz CT molecular complexity index is 1630. The van der Waals surface area contributed by atoms with Crippen LogP contribution < -0.4 is 9.47 Å². The van der Waals surface area contributed by atoms with Gasteiger partial charge in [0, 0.05) is 36.3 Å². The van der Waals surface area contributed by atoms with Gasteiger partial charge in [-0.05, 0) is 142 Å². The van der Waals surface area contributed by atoms with Crippen LogP contribution in [0.4, 0.5) is 0 Å². The topological polar surface area (TPSA) is 61.9 Å². The Balaban J connectivity index is 0.000000147. The first-order valence-electron chi connectivity index (χ1n) is 20.3. The van der Waals surface area contributed by atoms with E-state index in [9.17, 15) is 5.26 Å². The lowest BCUT2D eigenvalue weighted by Gasteiger charge is -2.43. The molecule has 2 aliphatic heterocycles. The number of ether oxygens (including phenoxy) is 2. The van der Waals surface area contributed by atoms with Crippen molar-refractivity contribution in [1.29, 1.82) is 5.26 Å². The number of benzene rings is 2. The van der Waals surface area contributed by atoms with Gasteiger partial charge in [-0.2, -0.15) is 5.26 Å². The number of para-hydroxylation sites is 1. The molecule has 6 heteroatoms. The predicted octanol–water partition coefficient (Wildman–Crippen LogP) is 9.84. The van der Waals surface area contributed by atoms with Gasteiger partial charge in [-0.3, -0.25) is 4.90 Å². The second-order valence-corrected chi connectivity index (χ2v) is 16.9. The van der Waals surface area contributed by atoms with Gasteiger partial charge in [-0.1, -0.05) is 49.9 Å². The standard InChI is InChI=1S/C23H29NO2.C22H30N2O/c1-25-23-5-4-18(20-8-11-26-15-20)14-21(23)17-6-9-24(10-7-17)22-13-16-2-3-19(22)12-16;1-25-21-8-3-2-6-19(21)22(16-23)11-13-24(14-12-22)20-7-4-5-17-9-10-18(20)15-17/h4-5,8,11,14-17,19,22H,2-3,6-7,9-10,12-13H2,1H3;2-3,6,8,17-18,20H,4-5,7,9-15H2,1H3/t16-,19-,22-;/m0./s1. The van der Waals surface area contributed by atoms with E-state index in [0.717, 1.165) is 84.3 Å². The fourth-order valence-electron chi connectivity index (χ4n) is 11.6. The van der Waals surface area contributed by atoms with E-state index in [0.29, 0.717) is 5.92 Å². The summed E-state index contributed by atoms with van der Waals surface area (Å²) in [6, 6.07) is 21.0. The molecular formula is C45H59N3O3. The highest BCUT2D eigenvalue weighted by Gasteiger charge is 2.44. The molecule has 6 atom stereocenters. The van der Waals surface area contributed by atoms with Crippen LogP contribution in [-0.4, -0.2) is 62.3 Å². The van der Waals surface area contributed by atoms with Gasteiger partial charge >= 0.3 is 0 Å². The highest BCUT2D eigenvalue weighted by molar-refractivity contribution is 5.65. The van der Waals surface area contributed by atoms with Crippen LogP contribution in [0, 0.1) is 35.0 Å². The number of rotatable bonds is 7. The Morgan fingerprint density at radius 3 is 2.14 bits per heavy atom. The Morgan fingerprint density at radius 1 is 0.706 bits per heavy atom. The summed E-state index contributed by atoms with van der Waals surface area (Å²) in [4.78, 5) is 5.54. The number of furan rings is 1. The van der Waals surface area contributed by atoms with Crippen molar-refractivity contribution < 1.29 is 13.9 Å². The van der Waals surface area contributed by atoms with Crippen LogP contribution >= 0.6 is 0 Å². The Kier molecular flexibility index (Phi) is 10.5. The zero-order valence-electron chi connectivity index (χ0n) is 31.1. The average Bonchev–Trinajstić information content (AvgIpc) is 4.02. The number of nitriles is 1. The monoisotopic (exact) mass is 689 g/mol. The van der Waals surface area contributed by atoms with Crippen molar-refractivity contribution in [3.63, 3.8) is 0 Å². The summed E-state index contributed by atoms with van der Waals surface area (Å²) in [7, 11) is 3.50. The van der Waals surface area contributed by atoms with Crippen LogP contribution in [0.2, 0.25) is 0 Å². The maximum absolute atomic E-state index is 10.0. The van der Waals surface area contributed by atoms with Crippen molar-refractivity contribution in [1.82, 2.24) is 9.80 Å². The van der Waals surface area contributed by atoms with Gasteiger partial charge in [-0.15, -0.1) is 0 Å². The number of hydrogen-bond donors (Lipinski definition) is 0. The minimum Gasteiger partial charge on any atom is -0.496 e. The zero-order chi connectivity index (χ0) is 34.8. The molecule has 0 amide bonds. The summed E-state index contributed by atoms with van der Waals surface area (Å²) in [5, 5.41) is 10.0. The molecule has 0 spiro atoms. The molecule has 272 valence electrons. The summed E-state index contributed by atoms with van der Waals surface area (Å²) in [5.41, 5.74) is 4.45. The number of nitrogens with zero attached hydrogens (tertiary/aromatic N) is 3. The first-order chi connectivity index (χ1) is 25.1. The van der Waals surface area contributed by atoms with Gasteiger partial charge in [0.1, 0.15) is 11.5 Å². The van der Waals surface area contributed by atoms with Crippen LogP contribution in [0.1, 0.15) is 107 Å². The van der Waals surface area contributed by atoms with Crippen molar-refractivity contribution >= 4 is 0 Å². The molecule has 3 unspecified atom stereocenters. The third-order valence-corrected chi connectivity index (χ3v) is 14.4. The van der Waals surface area contributed by atoms with Crippen LogP contribution in [-0.2, 0) is 5.41 Å². The summed E-state index contributed by atoms with van der Waals surface area (Å²) >= 11 is 0. The van der Waals surface area contributed by atoms with Gasteiger partial charge in [-0.25, -0.2) is 0 Å². The number of methoxy groups -OCH3 is 2. The molecule has 0 N–H and O–H groups in total. The van der Waals surface area contributed by atoms with Crippen LogP contribution in [0.5, 0.6) is 11.5 Å². The average molecular weight is 690 g/mol. The maximum Gasteiger partial charge on any atom is 0.123 e. The minimum absolute atomic E-state index is 0.383. The first kappa shape index (κ1) is 34.8. The molecule has 1 aromatic heterocycles. The first-order valence-corrected chi connectivity index (χ1v) is 20.3. The van der Waals surface area contributed by atoms with E-state index in [-0.39, 0.29) is 5.41 Å². The maximum atomic E-state index is 10.0.